The Morgan fingerprint density at radius 2 is 1.75 bits per heavy atom. The molecule has 164 valence electrons. The summed E-state index contributed by atoms with van der Waals surface area (Å²) in [5, 5.41) is 2.64. The Labute approximate surface area is 192 Å². The Balaban J connectivity index is 1.33. The van der Waals surface area contributed by atoms with Crippen molar-refractivity contribution in [1.82, 2.24) is 14.8 Å². The van der Waals surface area contributed by atoms with Gasteiger partial charge in [-0.2, -0.15) is 0 Å². The molecule has 2 aromatic carbocycles. The highest BCUT2D eigenvalue weighted by Gasteiger charge is 2.42. The minimum atomic E-state index is -0.374. The number of fused-ring (bicyclic) bond motifs is 1. The van der Waals surface area contributed by atoms with Gasteiger partial charge >= 0.3 is 0 Å². The zero-order valence-electron chi connectivity index (χ0n) is 18.3. The largest absolute Gasteiger partial charge is 0.368 e. The van der Waals surface area contributed by atoms with Crippen LogP contribution in [0.2, 0.25) is 0 Å². The third-order valence-electron chi connectivity index (χ3n) is 6.36. The fraction of sp³-hybridized carbons (Fsp3) is 0.320. The number of anilines is 1. The van der Waals surface area contributed by atoms with Gasteiger partial charge in [-0.3, -0.25) is 19.4 Å². The minimum absolute atomic E-state index is 0.217. The first-order valence-corrected chi connectivity index (χ1v) is 11.8. The Bertz CT molecular complexity index is 1140. The molecule has 3 heterocycles. The molecule has 0 bridgehead atoms. The van der Waals surface area contributed by atoms with Gasteiger partial charge < -0.3 is 4.90 Å². The highest BCUT2D eigenvalue weighted by Crippen LogP contribution is 2.37. The Kier molecular flexibility index (Phi) is 5.53. The molecule has 7 heteroatoms. The van der Waals surface area contributed by atoms with Crippen molar-refractivity contribution >= 4 is 28.8 Å². The number of thiazole rings is 1. The van der Waals surface area contributed by atoms with Crippen LogP contribution >= 0.6 is 11.3 Å². The number of hydrogen-bond donors (Lipinski definition) is 0. The lowest BCUT2D eigenvalue weighted by Gasteiger charge is -2.36. The smallest absolute Gasteiger partial charge is 0.264 e. The number of piperazine rings is 1. The Morgan fingerprint density at radius 1 is 1.00 bits per heavy atom. The van der Waals surface area contributed by atoms with E-state index in [1.807, 2.05) is 24.4 Å². The molecule has 2 amide bonds. The van der Waals surface area contributed by atoms with E-state index in [1.165, 1.54) is 27.4 Å². The van der Waals surface area contributed by atoms with Gasteiger partial charge in [-0.05, 0) is 31.5 Å². The highest BCUT2D eigenvalue weighted by atomic mass is 32.1. The molecule has 0 unspecified atom stereocenters. The van der Waals surface area contributed by atoms with Crippen molar-refractivity contribution in [3.05, 3.63) is 81.3 Å². The van der Waals surface area contributed by atoms with Gasteiger partial charge in [0.1, 0.15) is 5.01 Å². The fourth-order valence-electron chi connectivity index (χ4n) is 4.55. The van der Waals surface area contributed by atoms with Gasteiger partial charge in [0, 0.05) is 44.3 Å². The van der Waals surface area contributed by atoms with Gasteiger partial charge in [0.15, 0.2) is 0 Å². The molecule has 32 heavy (non-hydrogen) atoms. The van der Waals surface area contributed by atoms with Crippen molar-refractivity contribution in [2.24, 2.45) is 0 Å². The zero-order valence-corrected chi connectivity index (χ0v) is 19.1. The summed E-state index contributed by atoms with van der Waals surface area (Å²) in [6, 6.07) is 13.9. The molecule has 0 aliphatic carbocycles. The minimum Gasteiger partial charge on any atom is -0.368 e. The van der Waals surface area contributed by atoms with Crippen LogP contribution in [0.5, 0.6) is 0 Å². The van der Waals surface area contributed by atoms with Crippen LogP contribution in [-0.2, 0) is 6.54 Å². The monoisotopic (exact) mass is 446 g/mol. The molecule has 0 saturated carbocycles. The van der Waals surface area contributed by atoms with Crippen molar-refractivity contribution in [1.29, 1.82) is 0 Å². The van der Waals surface area contributed by atoms with Crippen LogP contribution in [0.4, 0.5) is 5.69 Å². The van der Waals surface area contributed by atoms with Crippen LogP contribution in [0.15, 0.2) is 54.0 Å². The third kappa shape index (κ3) is 3.72. The summed E-state index contributed by atoms with van der Waals surface area (Å²) in [5.41, 5.74) is 4.49. The molecular weight excluding hydrogens is 420 g/mol. The molecule has 6 nitrogen and oxygen atoms in total. The molecule has 1 fully saturated rings. The van der Waals surface area contributed by atoms with Crippen molar-refractivity contribution in [3.63, 3.8) is 0 Å². The van der Waals surface area contributed by atoms with E-state index < -0.39 is 0 Å². The predicted octanol–water partition coefficient (Wildman–Crippen LogP) is 4.13. The quantitative estimate of drug-likeness (QED) is 0.552. The second kappa shape index (κ2) is 8.48. The maximum atomic E-state index is 13.4. The number of aromatic nitrogens is 1. The normalized spacial score (nSPS) is 17.7. The average molecular weight is 447 g/mol. The van der Waals surface area contributed by atoms with Crippen LogP contribution in [0, 0.1) is 6.92 Å². The lowest BCUT2D eigenvalue weighted by Crippen LogP contribution is -2.46. The first-order valence-electron chi connectivity index (χ1n) is 11.0. The number of carbonyl (C=O) groups is 2. The van der Waals surface area contributed by atoms with Gasteiger partial charge in [-0.15, -0.1) is 11.3 Å². The number of rotatable bonds is 5. The number of benzene rings is 2. The second-order valence-corrected chi connectivity index (χ2v) is 9.40. The van der Waals surface area contributed by atoms with E-state index >= 15 is 0 Å². The van der Waals surface area contributed by atoms with Crippen LogP contribution in [-0.4, -0.2) is 52.8 Å². The molecule has 0 spiro atoms. The number of nitrogens with zero attached hydrogens (tertiary/aromatic N) is 4. The Morgan fingerprint density at radius 3 is 2.44 bits per heavy atom. The SMILES string of the molecule is Cc1ccc(CN2CCN(c3cccc4c3C(=O)N([C@H](C)c3nccs3)C4=O)CC2)cc1. The standard InChI is InChI=1S/C25H26N4O2S/c1-17-6-8-19(9-7-17)16-27-11-13-28(14-12-27)21-5-3-4-20-22(21)25(31)29(24(20)30)18(2)23-26-10-15-32-23/h3-10,15,18H,11-14,16H2,1-2H3/t18-/m1/s1. The molecule has 0 N–H and O–H groups in total. The number of carbonyl (C=O) groups excluding carboxylic acids is 2. The predicted molar refractivity (Wildman–Crippen MR) is 126 cm³/mol. The van der Waals surface area contributed by atoms with Gasteiger partial charge in [-0.25, -0.2) is 4.98 Å². The van der Waals surface area contributed by atoms with E-state index in [-0.39, 0.29) is 17.9 Å². The van der Waals surface area contributed by atoms with Crippen molar-refractivity contribution < 1.29 is 9.59 Å². The molecule has 0 radical (unpaired) electrons. The van der Waals surface area contributed by atoms with E-state index in [0.717, 1.165) is 43.4 Å². The maximum Gasteiger partial charge on any atom is 0.264 e. The molecule has 2 aliphatic rings. The molecule has 5 rings (SSSR count). The molecule has 1 aromatic heterocycles. The van der Waals surface area contributed by atoms with E-state index in [2.05, 4.69) is 46.0 Å². The average Bonchev–Trinajstić information content (AvgIpc) is 3.43. The third-order valence-corrected chi connectivity index (χ3v) is 7.31. The van der Waals surface area contributed by atoms with Crippen LogP contribution in [0.25, 0.3) is 0 Å². The van der Waals surface area contributed by atoms with Gasteiger partial charge in [0.2, 0.25) is 0 Å². The summed E-state index contributed by atoms with van der Waals surface area (Å²) in [6.45, 7) is 8.38. The van der Waals surface area contributed by atoms with Crippen LogP contribution in [0.3, 0.4) is 0 Å². The van der Waals surface area contributed by atoms with Gasteiger partial charge in [-0.1, -0.05) is 35.9 Å². The summed E-state index contributed by atoms with van der Waals surface area (Å²) in [4.78, 5) is 36.9. The first-order chi connectivity index (χ1) is 15.5. The maximum absolute atomic E-state index is 13.4. The fourth-order valence-corrected chi connectivity index (χ4v) is 5.24. The van der Waals surface area contributed by atoms with Crippen LogP contribution < -0.4 is 4.90 Å². The van der Waals surface area contributed by atoms with Crippen molar-refractivity contribution in [3.8, 4) is 0 Å². The van der Waals surface area contributed by atoms with Gasteiger partial charge in [0.25, 0.3) is 11.8 Å². The topological polar surface area (TPSA) is 56.8 Å². The number of aryl methyl sites for hydroxylation is 1. The first kappa shape index (κ1) is 20.8. The molecule has 1 saturated heterocycles. The molecular formula is C25H26N4O2S. The van der Waals surface area contributed by atoms with Crippen molar-refractivity contribution in [2.45, 2.75) is 26.4 Å². The lowest BCUT2D eigenvalue weighted by atomic mass is 10.1. The summed E-state index contributed by atoms with van der Waals surface area (Å²) < 4.78 is 0. The number of amides is 2. The van der Waals surface area contributed by atoms with E-state index in [1.54, 1.807) is 12.3 Å². The molecule has 2 aliphatic heterocycles. The number of imide groups is 1. The molecule has 1 atom stereocenters. The second-order valence-electron chi connectivity index (χ2n) is 8.48. The number of hydrogen-bond acceptors (Lipinski definition) is 6. The van der Waals surface area contributed by atoms with Gasteiger partial charge in [0.05, 0.1) is 22.9 Å². The Hall–Kier alpha value is -3.03. The summed E-state index contributed by atoms with van der Waals surface area (Å²) in [6.07, 6.45) is 1.70. The van der Waals surface area contributed by atoms with E-state index in [9.17, 15) is 9.59 Å². The highest BCUT2D eigenvalue weighted by molar-refractivity contribution is 7.09. The lowest BCUT2D eigenvalue weighted by molar-refractivity contribution is 0.0595. The summed E-state index contributed by atoms with van der Waals surface area (Å²) in [7, 11) is 0. The summed E-state index contributed by atoms with van der Waals surface area (Å²) in [5.74, 6) is -0.446. The zero-order chi connectivity index (χ0) is 22.2. The van der Waals surface area contributed by atoms with E-state index in [4.69, 9.17) is 0 Å². The molecule has 3 aromatic rings. The van der Waals surface area contributed by atoms with E-state index in [0.29, 0.717) is 11.1 Å². The van der Waals surface area contributed by atoms with Crippen LogP contribution in [0.1, 0.15) is 49.8 Å². The van der Waals surface area contributed by atoms with Crippen molar-refractivity contribution in [2.75, 3.05) is 31.1 Å². The summed E-state index contributed by atoms with van der Waals surface area (Å²) >= 11 is 1.46.